The number of halogens is 1. The molecule has 86 valence electrons. The van der Waals surface area contributed by atoms with Gasteiger partial charge >= 0.3 is 11.9 Å². The largest absolute Gasteiger partial charge is 0.424 e. The van der Waals surface area contributed by atoms with E-state index in [1.165, 1.54) is 19.9 Å². The van der Waals surface area contributed by atoms with Crippen molar-refractivity contribution in [2.45, 2.75) is 13.8 Å². The fourth-order valence-electron chi connectivity index (χ4n) is 1.04. The summed E-state index contributed by atoms with van der Waals surface area (Å²) in [6.45, 7) is 2.51. The fourth-order valence-corrected chi connectivity index (χ4v) is 1.38. The summed E-state index contributed by atoms with van der Waals surface area (Å²) in [5.74, 6) is -0.459. The Hall–Kier alpha value is -1.31. The minimum absolute atomic E-state index is 0.0969. The lowest BCUT2D eigenvalue weighted by Gasteiger charge is -2.10. The fraction of sp³-hybridized carbons (Fsp3) is 0.200. The number of carbonyl (C=O) groups excluding carboxylic acids is 2. The summed E-state index contributed by atoms with van der Waals surface area (Å²) in [7, 11) is 0. The van der Waals surface area contributed by atoms with Gasteiger partial charge in [-0.05, 0) is 12.1 Å². The van der Waals surface area contributed by atoms with Crippen LogP contribution in [0, 0.1) is 0 Å². The number of hydrogen-bond acceptors (Lipinski definition) is 5. The molecule has 0 saturated heterocycles. The molecule has 0 saturated carbocycles. The van der Waals surface area contributed by atoms with E-state index in [2.05, 4.69) is 0 Å². The number of rotatable bonds is 3. The van der Waals surface area contributed by atoms with Gasteiger partial charge in [-0.15, -0.1) is 0 Å². The Bertz CT molecular complexity index is 416. The lowest BCUT2D eigenvalue weighted by atomic mass is 10.3. The average Bonchev–Trinajstić information content (AvgIpc) is 2.19. The van der Waals surface area contributed by atoms with E-state index in [4.69, 9.17) is 12.5 Å². The van der Waals surface area contributed by atoms with Crippen molar-refractivity contribution in [2.24, 2.45) is 0 Å². The Morgan fingerprint density at radius 2 is 1.62 bits per heavy atom. The van der Waals surface area contributed by atoms with Crippen LogP contribution >= 0.6 is 23.0 Å². The van der Waals surface area contributed by atoms with Crippen LogP contribution in [0.5, 0.6) is 17.2 Å². The molecule has 0 amide bonds. The van der Waals surface area contributed by atoms with Crippen molar-refractivity contribution in [3.8, 4) is 17.2 Å². The predicted molar refractivity (Wildman–Crippen MR) is 63.7 cm³/mol. The minimum Gasteiger partial charge on any atom is -0.424 e. The summed E-state index contributed by atoms with van der Waals surface area (Å²) in [4.78, 5) is 21.7. The van der Waals surface area contributed by atoms with Crippen molar-refractivity contribution in [3.63, 3.8) is 0 Å². The Labute approximate surface area is 106 Å². The molecule has 1 aromatic rings. The van der Waals surface area contributed by atoms with Crippen molar-refractivity contribution in [1.29, 1.82) is 0 Å². The van der Waals surface area contributed by atoms with E-state index in [0.717, 1.165) is 0 Å². The summed E-state index contributed by atoms with van der Waals surface area (Å²) in [5, 5.41) is 0. The molecule has 0 aromatic heterocycles. The Balaban J connectivity index is 3.14. The topological polar surface area (TPSA) is 61.8 Å². The quantitative estimate of drug-likeness (QED) is 0.481. The first kappa shape index (κ1) is 12.8. The van der Waals surface area contributed by atoms with Crippen molar-refractivity contribution in [3.05, 3.63) is 18.2 Å². The third-order valence-electron chi connectivity index (χ3n) is 1.53. The Morgan fingerprint density at radius 1 is 1.06 bits per heavy atom. The molecule has 0 heterocycles. The zero-order valence-electron chi connectivity index (χ0n) is 8.65. The molecule has 0 aliphatic heterocycles. The predicted octanol–water partition coefficient (Wildman–Crippen LogP) is 2.27. The van der Waals surface area contributed by atoms with Crippen LogP contribution in [0.15, 0.2) is 18.2 Å². The summed E-state index contributed by atoms with van der Waals surface area (Å²) >= 11 is 1.64. The second-order valence-corrected chi connectivity index (χ2v) is 3.29. The van der Waals surface area contributed by atoms with Gasteiger partial charge in [-0.1, -0.05) is 6.07 Å². The van der Waals surface area contributed by atoms with Gasteiger partial charge in [0.25, 0.3) is 0 Å². The van der Waals surface area contributed by atoms with Gasteiger partial charge in [-0.2, -0.15) is 0 Å². The molecule has 1 aromatic carbocycles. The van der Waals surface area contributed by atoms with Crippen LogP contribution in [-0.4, -0.2) is 11.9 Å². The average molecular weight is 336 g/mol. The normalized spacial score (nSPS) is 9.44. The highest BCUT2D eigenvalue weighted by atomic mass is 127. The SMILES string of the molecule is CC(=O)Oc1cccc(OI)c1OC(C)=O. The Morgan fingerprint density at radius 3 is 2.12 bits per heavy atom. The van der Waals surface area contributed by atoms with E-state index in [0.29, 0.717) is 5.75 Å². The van der Waals surface area contributed by atoms with Crippen LogP contribution < -0.4 is 12.5 Å². The molecular weight excluding hydrogens is 327 g/mol. The number of esters is 2. The summed E-state index contributed by atoms with van der Waals surface area (Å²) in [6, 6.07) is 4.73. The zero-order valence-corrected chi connectivity index (χ0v) is 10.8. The molecule has 0 radical (unpaired) electrons. The molecule has 0 bridgehead atoms. The highest BCUT2D eigenvalue weighted by Crippen LogP contribution is 2.38. The van der Waals surface area contributed by atoms with E-state index >= 15 is 0 Å². The van der Waals surface area contributed by atoms with Crippen molar-refractivity contribution < 1.29 is 22.1 Å². The van der Waals surface area contributed by atoms with Crippen molar-refractivity contribution in [2.75, 3.05) is 0 Å². The number of para-hydroxylation sites is 1. The summed E-state index contributed by atoms with van der Waals surface area (Å²) < 4.78 is 14.8. The van der Waals surface area contributed by atoms with Gasteiger partial charge in [0.2, 0.25) is 5.75 Å². The van der Waals surface area contributed by atoms with Gasteiger partial charge in [-0.3, -0.25) is 9.59 Å². The molecule has 0 atom stereocenters. The highest BCUT2D eigenvalue weighted by molar-refractivity contribution is 14.1. The van der Waals surface area contributed by atoms with Crippen molar-refractivity contribution >= 4 is 34.9 Å². The van der Waals surface area contributed by atoms with Gasteiger partial charge in [0.05, 0.1) is 0 Å². The number of hydrogen-bond donors (Lipinski definition) is 0. The molecule has 1 rings (SSSR count). The second kappa shape index (κ2) is 5.69. The second-order valence-electron chi connectivity index (χ2n) is 2.85. The maximum Gasteiger partial charge on any atom is 0.308 e. The molecule has 0 N–H and O–H groups in total. The Kier molecular flexibility index (Phi) is 4.53. The van der Waals surface area contributed by atoms with E-state index in [9.17, 15) is 9.59 Å². The molecule has 0 aliphatic carbocycles. The van der Waals surface area contributed by atoms with E-state index in [-0.39, 0.29) is 11.5 Å². The van der Waals surface area contributed by atoms with Crippen LogP contribution in [0.4, 0.5) is 0 Å². The zero-order chi connectivity index (χ0) is 12.1. The summed E-state index contributed by atoms with van der Waals surface area (Å²) in [5.41, 5.74) is 0. The van der Waals surface area contributed by atoms with Gasteiger partial charge in [0.1, 0.15) is 0 Å². The van der Waals surface area contributed by atoms with Crippen molar-refractivity contribution in [1.82, 2.24) is 0 Å². The minimum atomic E-state index is -0.519. The first-order valence-electron chi connectivity index (χ1n) is 4.33. The molecular formula is C10H9IO5. The number of carbonyl (C=O) groups is 2. The lowest BCUT2D eigenvalue weighted by Crippen LogP contribution is -2.07. The standard InChI is InChI=1S/C10H9IO5/c1-6(12)14-8-4-3-5-9(16-11)10(8)15-7(2)13/h3-5H,1-2H3. The third kappa shape index (κ3) is 3.37. The van der Waals surface area contributed by atoms with Crippen LogP contribution in [0.1, 0.15) is 13.8 Å². The molecule has 0 unspecified atom stereocenters. The van der Waals surface area contributed by atoms with Crippen LogP contribution in [0.2, 0.25) is 0 Å². The van der Waals surface area contributed by atoms with Crippen LogP contribution in [0.3, 0.4) is 0 Å². The molecule has 0 spiro atoms. The maximum absolute atomic E-state index is 10.9. The molecule has 5 nitrogen and oxygen atoms in total. The highest BCUT2D eigenvalue weighted by Gasteiger charge is 2.15. The van der Waals surface area contributed by atoms with E-state index < -0.39 is 11.9 Å². The summed E-state index contributed by atoms with van der Waals surface area (Å²) in [6.07, 6.45) is 0. The van der Waals surface area contributed by atoms with Crippen LogP contribution in [-0.2, 0) is 9.59 Å². The van der Waals surface area contributed by atoms with Gasteiger partial charge in [-0.25, -0.2) is 0 Å². The van der Waals surface area contributed by atoms with Gasteiger partial charge < -0.3 is 12.5 Å². The lowest BCUT2D eigenvalue weighted by molar-refractivity contribution is -0.134. The van der Waals surface area contributed by atoms with Gasteiger partial charge in [0.15, 0.2) is 34.5 Å². The van der Waals surface area contributed by atoms with E-state index in [1.54, 1.807) is 35.1 Å². The molecule has 6 heteroatoms. The smallest absolute Gasteiger partial charge is 0.308 e. The monoisotopic (exact) mass is 336 g/mol. The molecule has 16 heavy (non-hydrogen) atoms. The first-order chi connectivity index (χ1) is 7.54. The van der Waals surface area contributed by atoms with Gasteiger partial charge in [0, 0.05) is 13.8 Å². The van der Waals surface area contributed by atoms with Crippen LogP contribution in [0.25, 0.3) is 0 Å². The first-order valence-corrected chi connectivity index (χ1v) is 5.21. The van der Waals surface area contributed by atoms with E-state index in [1.807, 2.05) is 0 Å². The molecule has 0 aliphatic rings. The third-order valence-corrected chi connectivity index (χ3v) is 2.00. The molecule has 0 fully saturated rings. The maximum atomic E-state index is 10.9. The number of ether oxygens (including phenoxy) is 2. The number of benzene rings is 1.